The minimum absolute atomic E-state index is 0.0344. The van der Waals surface area contributed by atoms with Gasteiger partial charge in [-0.3, -0.25) is 19.1 Å². The number of anilines is 1. The number of aromatic nitrogens is 4. The zero-order valence-corrected chi connectivity index (χ0v) is 16.5. The van der Waals surface area contributed by atoms with Gasteiger partial charge in [0.25, 0.3) is 11.5 Å². The van der Waals surface area contributed by atoms with E-state index in [1.807, 2.05) is 7.05 Å². The molecule has 2 aromatic rings. The van der Waals surface area contributed by atoms with E-state index in [1.165, 1.54) is 12.2 Å². The summed E-state index contributed by atoms with van der Waals surface area (Å²) in [6.45, 7) is 1.26. The number of hydrogen-bond donors (Lipinski definition) is 3. The Morgan fingerprint density at radius 1 is 1.20 bits per heavy atom. The van der Waals surface area contributed by atoms with Gasteiger partial charge in [0.05, 0.1) is 24.2 Å². The molecule has 0 spiro atoms. The van der Waals surface area contributed by atoms with E-state index in [9.17, 15) is 14.4 Å². The number of allylic oxidation sites excluding steroid dienone is 2. The molecule has 1 aliphatic heterocycles. The van der Waals surface area contributed by atoms with Crippen LogP contribution in [0.25, 0.3) is 0 Å². The van der Waals surface area contributed by atoms with E-state index in [-0.39, 0.29) is 46.6 Å². The van der Waals surface area contributed by atoms with Gasteiger partial charge in [0.15, 0.2) is 18.1 Å². The second-order valence-electron chi connectivity index (χ2n) is 7.31. The lowest BCUT2D eigenvalue weighted by Gasteiger charge is -2.17. The van der Waals surface area contributed by atoms with E-state index in [1.54, 1.807) is 37.2 Å². The van der Waals surface area contributed by atoms with Crippen LogP contribution in [0.3, 0.4) is 0 Å². The molecule has 0 aromatic carbocycles. The molecule has 156 valence electrons. The number of nitrogens with two attached hydrogens (primary N) is 2. The minimum atomic E-state index is -0.446. The summed E-state index contributed by atoms with van der Waals surface area (Å²) < 4.78 is 6.75. The number of ketones is 1. The smallest absolute Gasteiger partial charge is 0.294 e. The molecule has 0 saturated heterocycles. The number of amides is 1. The van der Waals surface area contributed by atoms with Crippen molar-refractivity contribution in [2.24, 2.45) is 17.8 Å². The Kier molecular flexibility index (Phi) is 4.86. The Balaban J connectivity index is 1.62. The van der Waals surface area contributed by atoms with Crippen LogP contribution in [0.15, 0.2) is 52.1 Å². The maximum absolute atomic E-state index is 12.7. The standard InChI is InChI=1S/C19H22N8O3/c1-24-6-7-25(11-24)10-16(29)22-14-9-13(12(20)8-15(14)28)23-17-18(21)26-4-2-3-5-27(26)19(17)30/h6-9,11H,2-5,10H2,1H3,(H4-,20,21,22,23,28,29,30)/p+1. The van der Waals surface area contributed by atoms with Gasteiger partial charge >= 0.3 is 0 Å². The van der Waals surface area contributed by atoms with Gasteiger partial charge in [-0.15, -0.1) is 0 Å². The molecule has 2 aliphatic rings. The van der Waals surface area contributed by atoms with Crippen LogP contribution in [0.5, 0.6) is 0 Å². The second kappa shape index (κ2) is 7.50. The van der Waals surface area contributed by atoms with E-state index in [0.717, 1.165) is 12.8 Å². The largest absolute Gasteiger partial charge is 0.397 e. The fourth-order valence-corrected chi connectivity index (χ4v) is 3.54. The van der Waals surface area contributed by atoms with Gasteiger partial charge in [-0.1, -0.05) is 0 Å². The number of imidazole rings is 1. The Morgan fingerprint density at radius 2 is 1.93 bits per heavy atom. The molecule has 1 amide bonds. The molecule has 11 nitrogen and oxygen atoms in total. The third kappa shape index (κ3) is 3.56. The zero-order valence-electron chi connectivity index (χ0n) is 16.5. The summed E-state index contributed by atoms with van der Waals surface area (Å²) in [5, 5.41) is 2.58. The topological polar surface area (TPSA) is 146 Å². The van der Waals surface area contributed by atoms with Gasteiger partial charge in [-0.25, -0.2) is 18.8 Å². The van der Waals surface area contributed by atoms with Gasteiger partial charge in [0, 0.05) is 19.2 Å². The van der Waals surface area contributed by atoms with Crippen LogP contribution >= 0.6 is 0 Å². The maximum Gasteiger partial charge on any atom is 0.294 e. The molecular formula is C19H23N8O3+. The lowest BCUT2D eigenvalue weighted by Crippen LogP contribution is -2.33. The van der Waals surface area contributed by atoms with E-state index in [2.05, 4.69) is 10.3 Å². The predicted octanol–water partition coefficient (Wildman–Crippen LogP) is -1.15. The molecule has 0 fully saturated rings. The molecule has 4 rings (SSSR count). The first kappa shape index (κ1) is 19.4. The average molecular weight is 411 g/mol. The van der Waals surface area contributed by atoms with E-state index in [4.69, 9.17) is 11.5 Å². The first-order valence-corrected chi connectivity index (χ1v) is 9.55. The van der Waals surface area contributed by atoms with Crippen molar-refractivity contribution >= 4 is 28.9 Å². The summed E-state index contributed by atoms with van der Waals surface area (Å²) in [5.74, 6) is -0.562. The highest BCUT2D eigenvalue weighted by Gasteiger charge is 2.23. The Labute approximate surface area is 171 Å². The summed E-state index contributed by atoms with van der Waals surface area (Å²) in [5.41, 5.74) is 12.2. The molecule has 0 bridgehead atoms. The molecular weight excluding hydrogens is 388 g/mol. The Morgan fingerprint density at radius 3 is 2.60 bits per heavy atom. The normalized spacial score (nSPS) is 17.5. The first-order valence-electron chi connectivity index (χ1n) is 9.55. The molecule has 11 heteroatoms. The summed E-state index contributed by atoms with van der Waals surface area (Å²) >= 11 is 0. The van der Waals surface area contributed by atoms with Crippen LogP contribution < -0.4 is 26.9 Å². The van der Waals surface area contributed by atoms with E-state index >= 15 is 0 Å². The van der Waals surface area contributed by atoms with E-state index < -0.39 is 5.78 Å². The molecule has 3 heterocycles. The van der Waals surface area contributed by atoms with Crippen LogP contribution in [-0.2, 0) is 36.3 Å². The van der Waals surface area contributed by atoms with Crippen molar-refractivity contribution in [1.82, 2.24) is 19.2 Å². The number of aryl methyl sites for hydroxylation is 1. The van der Waals surface area contributed by atoms with Crippen LogP contribution in [0.2, 0.25) is 0 Å². The number of carbonyl (C=O) groups is 2. The third-order valence-electron chi connectivity index (χ3n) is 5.02. The quantitative estimate of drug-likeness (QED) is 0.429. The highest BCUT2D eigenvalue weighted by Crippen LogP contribution is 2.23. The molecule has 0 saturated carbocycles. The fourth-order valence-electron chi connectivity index (χ4n) is 3.54. The first-order chi connectivity index (χ1) is 14.3. The lowest BCUT2D eigenvalue weighted by atomic mass is 10.1. The number of rotatable bonds is 4. The highest BCUT2D eigenvalue weighted by molar-refractivity contribution is 6.22. The van der Waals surface area contributed by atoms with E-state index in [0.29, 0.717) is 13.1 Å². The van der Waals surface area contributed by atoms with Crippen LogP contribution in [0.4, 0.5) is 11.5 Å². The monoisotopic (exact) mass is 411 g/mol. The Hall–Kier alpha value is -3.89. The fraction of sp³-hybridized carbons (Fsp3) is 0.316. The number of nitrogen functional groups attached to an aromatic ring is 1. The van der Waals surface area contributed by atoms with Gasteiger partial charge in [0.2, 0.25) is 12.1 Å². The number of carbonyl (C=O) groups excluding carboxylic acids is 2. The predicted molar refractivity (Wildman–Crippen MR) is 109 cm³/mol. The zero-order chi connectivity index (χ0) is 21.4. The number of fused-ring (bicyclic) bond motifs is 1. The maximum atomic E-state index is 12.7. The van der Waals surface area contributed by atoms with Crippen molar-refractivity contribution in [3.8, 4) is 0 Å². The number of nitrogens with zero attached hydrogens (tertiary/aromatic N) is 5. The molecule has 0 atom stereocenters. The average Bonchev–Trinajstić information content (AvgIpc) is 3.21. The molecule has 30 heavy (non-hydrogen) atoms. The van der Waals surface area contributed by atoms with Crippen molar-refractivity contribution < 1.29 is 14.2 Å². The van der Waals surface area contributed by atoms with Gasteiger partial charge in [-0.05, 0) is 18.9 Å². The number of nitrogens with one attached hydrogen (secondary N) is 1. The highest BCUT2D eigenvalue weighted by atomic mass is 16.2. The molecule has 1 aliphatic carbocycles. The molecule has 2 aromatic heterocycles. The molecule has 0 unspecified atom stereocenters. The van der Waals surface area contributed by atoms with Crippen LogP contribution in [0.1, 0.15) is 12.8 Å². The second-order valence-corrected chi connectivity index (χ2v) is 7.31. The Bertz CT molecular complexity index is 1190. The summed E-state index contributed by atoms with van der Waals surface area (Å²) in [4.78, 5) is 41.6. The van der Waals surface area contributed by atoms with Gasteiger partial charge in [-0.2, -0.15) is 0 Å². The van der Waals surface area contributed by atoms with Crippen molar-refractivity contribution in [2.75, 3.05) is 5.73 Å². The van der Waals surface area contributed by atoms with Crippen molar-refractivity contribution in [1.29, 1.82) is 0 Å². The summed E-state index contributed by atoms with van der Waals surface area (Å²) in [6, 6.07) is 0. The van der Waals surface area contributed by atoms with Crippen LogP contribution in [-0.4, -0.2) is 31.3 Å². The van der Waals surface area contributed by atoms with Crippen molar-refractivity contribution in [3.05, 3.63) is 52.6 Å². The van der Waals surface area contributed by atoms with Crippen LogP contribution in [0, 0.1) is 0 Å². The lowest BCUT2D eigenvalue weighted by molar-refractivity contribution is -0.671. The van der Waals surface area contributed by atoms with Crippen molar-refractivity contribution in [3.63, 3.8) is 0 Å². The van der Waals surface area contributed by atoms with Gasteiger partial charge in [0.1, 0.15) is 12.4 Å². The van der Waals surface area contributed by atoms with Gasteiger partial charge < -0.3 is 16.8 Å². The number of hydrogen-bond acceptors (Lipinski definition) is 6. The third-order valence-corrected chi connectivity index (χ3v) is 5.02. The summed E-state index contributed by atoms with van der Waals surface area (Å²) in [6.07, 6.45) is 9.65. The number of aliphatic imine (C=N–C) groups is 1. The molecule has 5 N–H and O–H groups in total. The summed E-state index contributed by atoms with van der Waals surface area (Å²) in [7, 11) is 1.84. The SMILES string of the molecule is C[n+]1ccn(CC(=O)NC2=C/C(=N\c3c(N)n4n(c3=O)CCCC4)C(N)=CC2=O)c1. The molecule has 0 radical (unpaired) electrons. The minimum Gasteiger partial charge on any atom is -0.397 e. The van der Waals surface area contributed by atoms with Crippen molar-refractivity contribution in [2.45, 2.75) is 32.5 Å².